The van der Waals surface area contributed by atoms with Crippen LogP contribution in [0.4, 0.5) is 0 Å². The summed E-state index contributed by atoms with van der Waals surface area (Å²) in [7, 11) is 0. The highest BCUT2D eigenvalue weighted by molar-refractivity contribution is 5.85. The zero-order valence-electron chi connectivity index (χ0n) is 15.5. The Labute approximate surface area is 166 Å². The number of para-hydroxylation sites is 1. The highest BCUT2D eigenvalue weighted by Gasteiger charge is 2.13. The minimum Gasteiger partial charge on any atom is -0.438 e. The summed E-state index contributed by atoms with van der Waals surface area (Å²) >= 11 is 0. The van der Waals surface area contributed by atoms with Gasteiger partial charge in [0.1, 0.15) is 5.75 Å². The lowest BCUT2D eigenvalue weighted by atomic mass is 10.2. The Balaban J connectivity index is 1.58. The molecule has 0 N–H and O–H groups in total. The fourth-order valence-corrected chi connectivity index (χ4v) is 2.98. The molecule has 0 aliphatic carbocycles. The van der Waals surface area contributed by atoms with E-state index in [1.165, 1.54) is 0 Å². The van der Waals surface area contributed by atoms with Crippen molar-refractivity contribution in [3.8, 4) is 34.4 Å². The van der Waals surface area contributed by atoms with Gasteiger partial charge in [0.25, 0.3) is 0 Å². The van der Waals surface area contributed by atoms with E-state index in [2.05, 4.69) is 25.1 Å². The summed E-state index contributed by atoms with van der Waals surface area (Å²) in [6.07, 6.45) is 3.44. The maximum atomic E-state index is 6.17. The number of rotatable bonds is 4. The molecule has 0 aliphatic rings. The van der Waals surface area contributed by atoms with Crippen LogP contribution in [0.15, 0.2) is 77.6 Å². The largest absolute Gasteiger partial charge is 0.438 e. The van der Waals surface area contributed by atoms with Gasteiger partial charge in [-0.05, 0) is 36.4 Å². The fraction of sp³-hybridized carbons (Fsp3) is 0.0455. The number of hydrogen-bond acceptors (Lipinski definition) is 7. The van der Waals surface area contributed by atoms with Gasteiger partial charge in [-0.1, -0.05) is 29.4 Å². The number of nitrogens with zero attached hydrogens (tertiary/aromatic N) is 5. The van der Waals surface area contributed by atoms with Crippen molar-refractivity contribution in [1.82, 2.24) is 25.1 Å². The lowest BCUT2D eigenvalue weighted by Crippen LogP contribution is -1.96. The third-order valence-corrected chi connectivity index (χ3v) is 4.32. The van der Waals surface area contributed by atoms with Gasteiger partial charge in [-0.2, -0.15) is 9.97 Å². The summed E-state index contributed by atoms with van der Waals surface area (Å²) in [6.45, 7) is 1.75. The lowest BCUT2D eigenvalue weighted by molar-refractivity contribution is 0.394. The SMILES string of the molecule is Cc1nc(-c2cccc(Oc3nc(-c4cccnc4)nc4ccccc34)c2)no1. The molecule has 5 aromatic rings. The second kappa shape index (κ2) is 7.12. The number of hydrogen-bond donors (Lipinski definition) is 0. The van der Waals surface area contributed by atoms with Gasteiger partial charge >= 0.3 is 0 Å². The van der Waals surface area contributed by atoms with Crippen LogP contribution in [0, 0.1) is 6.92 Å². The Morgan fingerprint density at radius 2 is 1.72 bits per heavy atom. The average molecular weight is 381 g/mol. The third kappa shape index (κ3) is 3.41. The standard InChI is InChI=1S/C22H15N5O2/c1-14-24-21(27-29-14)15-6-4-8-17(12-15)28-22-18-9-2-3-10-19(18)25-20(26-22)16-7-5-11-23-13-16/h2-13H,1H3. The molecule has 29 heavy (non-hydrogen) atoms. The second-order valence-electron chi connectivity index (χ2n) is 6.38. The predicted octanol–water partition coefficient (Wildman–Crippen LogP) is 4.84. The van der Waals surface area contributed by atoms with Crippen molar-refractivity contribution >= 4 is 10.9 Å². The number of ether oxygens (including phenoxy) is 1. The number of benzene rings is 2. The van der Waals surface area contributed by atoms with Crippen molar-refractivity contribution in [3.63, 3.8) is 0 Å². The molecule has 140 valence electrons. The first-order valence-electron chi connectivity index (χ1n) is 9.02. The fourth-order valence-electron chi connectivity index (χ4n) is 2.98. The molecule has 7 heteroatoms. The summed E-state index contributed by atoms with van der Waals surface area (Å²) in [6, 6.07) is 19.0. The maximum Gasteiger partial charge on any atom is 0.230 e. The molecular formula is C22H15N5O2. The zero-order valence-corrected chi connectivity index (χ0v) is 15.5. The minimum atomic E-state index is 0.468. The van der Waals surface area contributed by atoms with Gasteiger partial charge < -0.3 is 9.26 Å². The van der Waals surface area contributed by atoms with Gasteiger partial charge in [0.15, 0.2) is 5.82 Å². The van der Waals surface area contributed by atoms with E-state index in [-0.39, 0.29) is 0 Å². The molecule has 3 heterocycles. The molecule has 7 nitrogen and oxygen atoms in total. The normalized spacial score (nSPS) is 10.9. The van der Waals surface area contributed by atoms with Crippen LogP contribution in [0.25, 0.3) is 33.7 Å². The Morgan fingerprint density at radius 1 is 0.828 bits per heavy atom. The van der Waals surface area contributed by atoms with Crippen LogP contribution in [0.5, 0.6) is 11.6 Å². The van der Waals surface area contributed by atoms with E-state index in [0.717, 1.165) is 22.0 Å². The molecule has 0 fully saturated rings. The number of fused-ring (bicyclic) bond motifs is 1. The van der Waals surface area contributed by atoms with E-state index in [1.54, 1.807) is 19.3 Å². The Morgan fingerprint density at radius 3 is 2.55 bits per heavy atom. The zero-order chi connectivity index (χ0) is 19.6. The van der Waals surface area contributed by atoms with Crippen LogP contribution < -0.4 is 4.74 Å². The van der Waals surface area contributed by atoms with Gasteiger partial charge in [-0.15, -0.1) is 0 Å². The van der Waals surface area contributed by atoms with Crippen LogP contribution in [0.2, 0.25) is 0 Å². The molecule has 0 aliphatic heterocycles. The quantitative estimate of drug-likeness (QED) is 0.440. The van der Waals surface area contributed by atoms with E-state index >= 15 is 0 Å². The Hall–Kier alpha value is -4.13. The molecular weight excluding hydrogens is 366 g/mol. The predicted molar refractivity (Wildman–Crippen MR) is 107 cm³/mol. The third-order valence-electron chi connectivity index (χ3n) is 4.32. The number of aryl methyl sites for hydroxylation is 1. The van der Waals surface area contributed by atoms with E-state index in [1.807, 2.05) is 60.7 Å². The van der Waals surface area contributed by atoms with Crippen LogP contribution in [-0.2, 0) is 0 Å². The van der Waals surface area contributed by atoms with Crippen molar-refractivity contribution in [2.24, 2.45) is 0 Å². The monoisotopic (exact) mass is 381 g/mol. The van der Waals surface area contributed by atoms with Crippen molar-refractivity contribution in [3.05, 3.63) is 78.9 Å². The molecule has 2 aromatic carbocycles. The van der Waals surface area contributed by atoms with Crippen LogP contribution in [0.1, 0.15) is 5.89 Å². The molecule has 0 unspecified atom stereocenters. The van der Waals surface area contributed by atoms with Crippen LogP contribution in [-0.4, -0.2) is 25.1 Å². The van der Waals surface area contributed by atoms with E-state index in [9.17, 15) is 0 Å². The van der Waals surface area contributed by atoms with Gasteiger partial charge in [0, 0.05) is 30.4 Å². The molecule has 0 spiro atoms. The molecule has 5 rings (SSSR count). The molecule has 0 atom stereocenters. The molecule has 0 saturated carbocycles. The molecule has 0 amide bonds. The number of aromatic nitrogens is 5. The topological polar surface area (TPSA) is 86.8 Å². The minimum absolute atomic E-state index is 0.468. The Bertz CT molecular complexity index is 1300. The van der Waals surface area contributed by atoms with Crippen molar-refractivity contribution in [2.45, 2.75) is 6.92 Å². The van der Waals surface area contributed by atoms with Gasteiger partial charge in [0.05, 0.1) is 10.9 Å². The van der Waals surface area contributed by atoms with E-state index in [4.69, 9.17) is 9.26 Å². The van der Waals surface area contributed by atoms with Crippen LogP contribution >= 0.6 is 0 Å². The summed E-state index contributed by atoms with van der Waals surface area (Å²) in [5, 5.41) is 4.78. The molecule has 0 bridgehead atoms. The highest BCUT2D eigenvalue weighted by atomic mass is 16.5. The average Bonchev–Trinajstić information content (AvgIpc) is 3.21. The summed E-state index contributed by atoms with van der Waals surface area (Å²) in [4.78, 5) is 17.7. The van der Waals surface area contributed by atoms with Crippen molar-refractivity contribution < 1.29 is 9.26 Å². The molecule has 0 saturated heterocycles. The number of pyridine rings is 1. The highest BCUT2D eigenvalue weighted by Crippen LogP contribution is 2.31. The summed E-state index contributed by atoms with van der Waals surface area (Å²) in [5.74, 6) is 2.66. The summed E-state index contributed by atoms with van der Waals surface area (Å²) in [5.41, 5.74) is 2.41. The second-order valence-corrected chi connectivity index (χ2v) is 6.38. The summed E-state index contributed by atoms with van der Waals surface area (Å²) < 4.78 is 11.2. The Kier molecular flexibility index (Phi) is 4.18. The lowest BCUT2D eigenvalue weighted by Gasteiger charge is -2.10. The smallest absolute Gasteiger partial charge is 0.230 e. The van der Waals surface area contributed by atoms with Crippen molar-refractivity contribution in [2.75, 3.05) is 0 Å². The first-order valence-corrected chi connectivity index (χ1v) is 9.02. The first kappa shape index (κ1) is 17.0. The maximum absolute atomic E-state index is 6.17. The first-order chi connectivity index (χ1) is 14.3. The van der Waals surface area contributed by atoms with Gasteiger partial charge in [0.2, 0.25) is 17.6 Å². The van der Waals surface area contributed by atoms with E-state index < -0.39 is 0 Å². The molecule has 3 aromatic heterocycles. The van der Waals surface area contributed by atoms with Crippen molar-refractivity contribution in [1.29, 1.82) is 0 Å². The van der Waals surface area contributed by atoms with Gasteiger partial charge in [-0.25, -0.2) is 4.98 Å². The van der Waals surface area contributed by atoms with Gasteiger partial charge in [-0.3, -0.25) is 4.98 Å². The van der Waals surface area contributed by atoms with E-state index in [0.29, 0.717) is 29.2 Å². The molecule has 0 radical (unpaired) electrons. The van der Waals surface area contributed by atoms with Crippen LogP contribution in [0.3, 0.4) is 0 Å².